The van der Waals surface area contributed by atoms with Gasteiger partial charge in [-0.05, 0) is 12.1 Å². The van der Waals surface area contributed by atoms with E-state index in [1.54, 1.807) is 18.2 Å². The van der Waals surface area contributed by atoms with Crippen molar-refractivity contribution in [1.82, 2.24) is 0 Å². The minimum Gasteiger partial charge on any atom is -0.496 e. The lowest BCUT2D eigenvalue weighted by atomic mass is 9.96. The lowest BCUT2D eigenvalue weighted by molar-refractivity contribution is 0.380. The van der Waals surface area contributed by atoms with E-state index in [4.69, 9.17) is 15.2 Å². The Morgan fingerprint density at radius 2 is 1.38 bits per heavy atom. The molecule has 3 nitrogen and oxygen atoms in total. The van der Waals surface area contributed by atoms with Crippen molar-refractivity contribution in [2.45, 2.75) is 6.04 Å². The first-order valence-corrected chi connectivity index (χ1v) is 6.10. The van der Waals surface area contributed by atoms with Crippen molar-refractivity contribution in [2.75, 3.05) is 14.2 Å². The maximum Gasteiger partial charge on any atom is 0.134 e. The number of hydrogen-bond acceptors (Lipinski definition) is 3. The molecule has 0 aliphatic carbocycles. The molecular weight excluding hydrogens is 283 g/mol. The van der Waals surface area contributed by atoms with Crippen LogP contribution in [-0.4, -0.2) is 14.2 Å². The van der Waals surface area contributed by atoms with Crippen molar-refractivity contribution in [3.63, 3.8) is 0 Å². The van der Waals surface area contributed by atoms with Crippen molar-refractivity contribution >= 4 is 0 Å². The third kappa shape index (κ3) is 2.80. The van der Waals surface area contributed by atoms with Crippen molar-refractivity contribution in [2.24, 2.45) is 5.73 Å². The first-order chi connectivity index (χ1) is 9.99. The molecule has 2 aromatic rings. The van der Waals surface area contributed by atoms with Crippen LogP contribution in [0.25, 0.3) is 0 Å². The van der Waals surface area contributed by atoms with E-state index in [1.165, 1.54) is 14.2 Å². The van der Waals surface area contributed by atoms with Gasteiger partial charge in [0.25, 0.3) is 0 Å². The molecule has 0 saturated carbocycles. The maximum absolute atomic E-state index is 13.9. The monoisotopic (exact) mass is 297 g/mol. The Bertz CT molecular complexity index is 616. The molecule has 0 amide bonds. The first kappa shape index (κ1) is 15.2. The van der Waals surface area contributed by atoms with Crippen molar-refractivity contribution in [1.29, 1.82) is 0 Å². The van der Waals surface area contributed by atoms with Crippen LogP contribution < -0.4 is 15.2 Å². The van der Waals surface area contributed by atoms with Crippen LogP contribution in [0.2, 0.25) is 0 Å². The molecule has 0 radical (unpaired) electrons. The largest absolute Gasteiger partial charge is 0.496 e. The zero-order chi connectivity index (χ0) is 15.6. The highest BCUT2D eigenvalue weighted by atomic mass is 19.1. The van der Waals surface area contributed by atoms with Crippen LogP contribution in [0.4, 0.5) is 13.2 Å². The van der Waals surface area contributed by atoms with Gasteiger partial charge >= 0.3 is 0 Å². The van der Waals surface area contributed by atoms with Crippen LogP contribution in [0.1, 0.15) is 17.2 Å². The lowest BCUT2D eigenvalue weighted by Gasteiger charge is -2.20. The van der Waals surface area contributed by atoms with Gasteiger partial charge in [-0.3, -0.25) is 0 Å². The molecule has 2 N–H and O–H groups in total. The molecule has 2 rings (SSSR count). The fourth-order valence-corrected chi connectivity index (χ4v) is 2.18. The van der Waals surface area contributed by atoms with Crippen LogP contribution in [0.15, 0.2) is 30.3 Å². The van der Waals surface area contributed by atoms with Gasteiger partial charge in [0.2, 0.25) is 0 Å². The normalized spacial score (nSPS) is 12.1. The smallest absolute Gasteiger partial charge is 0.134 e. The Morgan fingerprint density at radius 3 is 1.81 bits per heavy atom. The molecule has 1 atom stereocenters. The SMILES string of the molecule is COc1cccc(OC)c1C(N)c1c(F)cc(F)cc1F. The second-order valence-electron chi connectivity index (χ2n) is 4.34. The summed E-state index contributed by atoms with van der Waals surface area (Å²) in [5.74, 6) is -2.48. The molecule has 0 spiro atoms. The minimum absolute atomic E-state index is 0.284. The predicted octanol–water partition coefficient (Wildman–Crippen LogP) is 3.17. The molecule has 0 bridgehead atoms. The van der Waals surface area contributed by atoms with Crippen LogP contribution in [0.3, 0.4) is 0 Å². The van der Waals surface area contributed by atoms with E-state index in [0.29, 0.717) is 23.6 Å². The lowest BCUT2D eigenvalue weighted by Crippen LogP contribution is -2.18. The van der Waals surface area contributed by atoms with Gasteiger partial charge in [-0.1, -0.05) is 6.07 Å². The molecule has 0 aliphatic heterocycles. The quantitative estimate of drug-likeness (QED) is 0.942. The Labute approximate surface area is 120 Å². The van der Waals surface area contributed by atoms with E-state index in [9.17, 15) is 13.2 Å². The molecular formula is C15H14F3NO2. The minimum atomic E-state index is -1.20. The molecule has 0 aliphatic rings. The van der Waals surface area contributed by atoms with Crippen LogP contribution in [-0.2, 0) is 0 Å². The number of benzene rings is 2. The summed E-state index contributed by atoms with van der Waals surface area (Å²) in [4.78, 5) is 0. The molecule has 2 aromatic carbocycles. The number of rotatable bonds is 4. The van der Waals surface area contributed by atoms with E-state index in [-0.39, 0.29) is 5.56 Å². The standard InChI is InChI=1S/C15H14F3NO2/c1-20-11-4-3-5-12(21-2)14(11)15(19)13-9(17)6-8(16)7-10(13)18/h3-7,15H,19H2,1-2H3. The van der Waals surface area contributed by atoms with Gasteiger partial charge < -0.3 is 15.2 Å². The van der Waals surface area contributed by atoms with Gasteiger partial charge in [0.1, 0.15) is 29.0 Å². The highest BCUT2D eigenvalue weighted by molar-refractivity contribution is 5.50. The van der Waals surface area contributed by atoms with E-state index >= 15 is 0 Å². The zero-order valence-corrected chi connectivity index (χ0v) is 11.5. The molecule has 6 heteroatoms. The fraction of sp³-hybridized carbons (Fsp3) is 0.200. The second-order valence-corrected chi connectivity index (χ2v) is 4.34. The number of halogens is 3. The van der Waals surface area contributed by atoms with Gasteiger partial charge in [-0.25, -0.2) is 13.2 Å². The van der Waals surface area contributed by atoms with E-state index in [0.717, 1.165) is 0 Å². The summed E-state index contributed by atoms with van der Waals surface area (Å²) in [6, 6.07) is 4.82. The summed E-state index contributed by atoms with van der Waals surface area (Å²) in [5.41, 5.74) is 5.80. The average molecular weight is 297 g/mol. The van der Waals surface area contributed by atoms with Crippen molar-refractivity contribution in [3.05, 3.63) is 58.9 Å². The first-order valence-electron chi connectivity index (χ1n) is 6.10. The van der Waals surface area contributed by atoms with Crippen molar-refractivity contribution < 1.29 is 22.6 Å². The summed E-state index contributed by atoms with van der Waals surface area (Å²) in [5, 5.41) is 0. The summed E-state index contributed by atoms with van der Waals surface area (Å²) in [6.07, 6.45) is 0. The van der Waals surface area contributed by atoms with E-state index < -0.39 is 29.1 Å². The van der Waals surface area contributed by atoms with E-state index in [1.807, 2.05) is 0 Å². The molecule has 0 saturated heterocycles. The van der Waals surface area contributed by atoms with Gasteiger partial charge in [-0.15, -0.1) is 0 Å². The Kier molecular flexibility index (Phi) is 4.37. The number of nitrogens with two attached hydrogens (primary N) is 1. The number of ether oxygens (including phenoxy) is 2. The molecule has 0 aromatic heterocycles. The van der Waals surface area contributed by atoms with Gasteiger partial charge in [0, 0.05) is 17.7 Å². The fourth-order valence-electron chi connectivity index (χ4n) is 2.18. The molecule has 0 fully saturated rings. The van der Waals surface area contributed by atoms with E-state index in [2.05, 4.69) is 0 Å². The molecule has 112 valence electrons. The molecule has 0 heterocycles. The average Bonchev–Trinajstić information content (AvgIpc) is 2.44. The van der Waals surface area contributed by atoms with Crippen LogP contribution in [0, 0.1) is 17.5 Å². The maximum atomic E-state index is 13.9. The van der Waals surface area contributed by atoms with Gasteiger partial charge in [0.15, 0.2) is 0 Å². The number of hydrogen-bond donors (Lipinski definition) is 1. The molecule has 21 heavy (non-hydrogen) atoms. The summed E-state index contributed by atoms with van der Waals surface area (Å²) in [7, 11) is 2.81. The third-order valence-electron chi connectivity index (χ3n) is 3.13. The number of methoxy groups -OCH3 is 2. The third-order valence-corrected chi connectivity index (χ3v) is 3.13. The van der Waals surface area contributed by atoms with Gasteiger partial charge in [0.05, 0.1) is 25.8 Å². The zero-order valence-electron chi connectivity index (χ0n) is 11.5. The Morgan fingerprint density at radius 1 is 0.905 bits per heavy atom. The topological polar surface area (TPSA) is 44.5 Å². The molecule has 1 unspecified atom stereocenters. The highest BCUT2D eigenvalue weighted by Crippen LogP contribution is 2.37. The van der Waals surface area contributed by atoms with Gasteiger partial charge in [-0.2, -0.15) is 0 Å². The summed E-state index contributed by atoms with van der Waals surface area (Å²) < 4.78 is 51.1. The highest BCUT2D eigenvalue weighted by Gasteiger charge is 2.25. The summed E-state index contributed by atoms with van der Waals surface area (Å²) in [6.45, 7) is 0. The summed E-state index contributed by atoms with van der Waals surface area (Å²) >= 11 is 0. The second kappa shape index (κ2) is 6.05. The van der Waals surface area contributed by atoms with Crippen LogP contribution in [0.5, 0.6) is 11.5 Å². The Hall–Kier alpha value is -2.21. The van der Waals surface area contributed by atoms with Crippen molar-refractivity contribution in [3.8, 4) is 11.5 Å². The van der Waals surface area contributed by atoms with Crippen LogP contribution >= 0.6 is 0 Å². The predicted molar refractivity (Wildman–Crippen MR) is 71.9 cm³/mol. The Balaban J connectivity index is 2.62.